The van der Waals surface area contributed by atoms with E-state index in [1.807, 2.05) is 30.3 Å². The van der Waals surface area contributed by atoms with Crippen LogP contribution in [0.2, 0.25) is 0 Å². The van der Waals surface area contributed by atoms with Crippen LogP contribution in [0.5, 0.6) is 5.75 Å². The molecule has 0 saturated heterocycles. The van der Waals surface area contributed by atoms with Crippen LogP contribution in [-0.4, -0.2) is 21.6 Å². The highest BCUT2D eigenvalue weighted by molar-refractivity contribution is 7.18. The van der Waals surface area contributed by atoms with Gasteiger partial charge in [0.05, 0.1) is 11.9 Å². The van der Waals surface area contributed by atoms with Crippen LogP contribution in [0.3, 0.4) is 0 Å². The molecule has 6 heteroatoms. The smallest absolute Gasteiger partial charge is 0.278 e. The Hall–Kier alpha value is -2.21. The highest BCUT2D eigenvalue weighted by atomic mass is 32.1. The van der Waals surface area contributed by atoms with E-state index >= 15 is 0 Å². The Labute approximate surface area is 163 Å². The summed E-state index contributed by atoms with van der Waals surface area (Å²) in [7, 11) is 0. The van der Waals surface area contributed by atoms with Crippen LogP contribution in [0.4, 0.5) is 0 Å². The molecule has 0 aliphatic heterocycles. The van der Waals surface area contributed by atoms with Crippen molar-refractivity contribution in [3.8, 4) is 5.75 Å². The minimum atomic E-state index is -0.0385. The number of aryl methyl sites for hydroxylation is 1. The number of aromatic nitrogens is 3. The molecule has 1 aliphatic carbocycles. The van der Waals surface area contributed by atoms with Crippen molar-refractivity contribution in [2.45, 2.75) is 46.6 Å². The number of hydrogen-bond acceptors (Lipinski definition) is 5. The molecule has 2 heterocycles. The van der Waals surface area contributed by atoms with Gasteiger partial charge >= 0.3 is 0 Å². The van der Waals surface area contributed by atoms with Crippen LogP contribution in [-0.2, 0) is 19.4 Å². The standard InChI is InChI=1S/C21H25N3O2S/c1-21(2,3)14-9-10-16-17(13-14)27-19-18(16)20(25)24(23-22-19)11-12-26-15-7-5-4-6-8-15/h4-8,14H,9-13H2,1-3H3/t14-/m1/s1. The molecule has 27 heavy (non-hydrogen) atoms. The first-order valence-electron chi connectivity index (χ1n) is 9.49. The fourth-order valence-electron chi connectivity index (χ4n) is 3.78. The quantitative estimate of drug-likeness (QED) is 0.681. The largest absolute Gasteiger partial charge is 0.492 e. The van der Waals surface area contributed by atoms with Gasteiger partial charge in [-0.25, -0.2) is 4.68 Å². The monoisotopic (exact) mass is 383 g/mol. The summed E-state index contributed by atoms with van der Waals surface area (Å²) in [6, 6.07) is 9.60. The van der Waals surface area contributed by atoms with Gasteiger partial charge in [-0.2, -0.15) is 0 Å². The Morgan fingerprint density at radius 2 is 2.04 bits per heavy atom. The molecule has 1 aromatic carbocycles. The minimum absolute atomic E-state index is 0.0385. The second-order valence-corrected chi connectivity index (χ2v) is 9.35. The average Bonchev–Trinajstić information content (AvgIpc) is 3.02. The molecule has 0 amide bonds. The van der Waals surface area contributed by atoms with E-state index in [-0.39, 0.29) is 11.0 Å². The van der Waals surface area contributed by atoms with E-state index in [4.69, 9.17) is 4.74 Å². The number of ether oxygens (including phenoxy) is 1. The predicted molar refractivity (Wildman–Crippen MR) is 109 cm³/mol. The van der Waals surface area contributed by atoms with Crippen LogP contribution in [0, 0.1) is 11.3 Å². The third-order valence-corrected chi connectivity index (χ3v) is 6.62. The molecule has 5 nitrogen and oxygen atoms in total. The Morgan fingerprint density at radius 3 is 2.78 bits per heavy atom. The molecule has 0 saturated carbocycles. The van der Waals surface area contributed by atoms with Crippen LogP contribution in [0.1, 0.15) is 37.6 Å². The summed E-state index contributed by atoms with van der Waals surface area (Å²) in [6.07, 6.45) is 3.12. The van der Waals surface area contributed by atoms with Crippen LogP contribution in [0.15, 0.2) is 35.1 Å². The zero-order valence-corrected chi connectivity index (χ0v) is 16.9. The first-order chi connectivity index (χ1) is 12.9. The summed E-state index contributed by atoms with van der Waals surface area (Å²) in [5, 5.41) is 9.24. The highest BCUT2D eigenvalue weighted by Gasteiger charge is 2.31. The molecule has 2 aromatic heterocycles. The van der Waals surface area contributed by atoms with E-state index in [1.165, 1.54) is 15.1 Å². The van der Waals surface area contributed by atoms with E-state index in [9.17, 15) is 4.79 Å². The summed E-state index contributed by atoms with van der Waals surface area (Å²) >= 11 is 1.64. The maximum Gasteiger partial charge on any atom is 0.278 e. The van der Waals surface area contributed by atoms with E-state index in [0.717, 1.165) is 35.2 Å². The van der Waals surface area contributed by atoms with Gasteiger partial charge < -0.3 is 4.74 Å². The number of nitrogens with zero attached hydrogens (tertiary/aromatic N) is 3. The van der Waals surface area contributed by atoms with Crippen molar-refractivity contribution in [2.24, 2.45) is 11.3 Å². The molecule has 0 N–H and O–H groups in total. The van der Waals surface area contributed by atoms with Gasteiger partial charge in [0.25, 0.3) is 5.56 Å². The molecule has 0 radical (unpaired) electrons. The molecule has 1 atom stereocenters. The fourth-order valence-corrected chi connectivity index (χ4v) is 5.01. The first kappa shape index (κ1) is 18.2. The molecule has 0 unspecified atom stereocenters. The Bertz CT molecular complexity index is 1000. The first-order valence-corrected chi connectivity index (χ1v) is 10.3. The number of thiophene rings is 1. The number of rotatable bonds is 4. The van der Waals surface area contributed by atoms with E-state index in [1.54, 1.807) is 11.3 Å². The van der Waals surface area contributed by atoms with Gasteiger partial charge in [0, 0.05) is 4.88 Å². The lowest BCUT2D eigenvalue weighted by Crippen LogP contribution is -2.28. The number of fused-ring (bicyclic) bond motifs is 3. The van der Waals surface area contributed by atoms with E-state index in [2.05, 4.69) is 31.1 Å². The van der Waals surface area contributed by atoms with Crippen LogP contribution in [0.25, 0.3) is 10.2 Å². The lowest BCUT2D eigenvalue weighted by Gasteiger charge is -2.33. The Morgan fingerprint density at radius 1 is 1.26 bits per heavy atom. The molecule has 4 rings (SSSR count). The SMILES string of the molecule is CC(C)(C)[C@@H]1CCc2c(sc3nnn(CCOc4ccccc4)c(=O)c23)C1. The zero-order chi connectivity index (χ0) is 19.0. The van der Waals surface area contributed by atoms with E-state index in [0.29, 0.717) is 19.1 Å². The maximum absolute atomic E-state index is 13.0. The summed E-state index contributed by atoms with van der Waals surface area (Å²) in [5.74, 6) is 1.44. The molecule has 3 aromatic rings. The average molecular weight is 384 g/mol. The van der Waals surface area contributed by atoms with E-state index < -0.39 is 0 Å². The van der Waals surface area contributed by atoms with Gasteiger partial charge in [-0.05, 0) is 48.3 Å². The van der Waals surface area contributed by atoms with Crippen molar-refractivity contribution < 1.29 is 4.74 Å². The zero-order valence-electron chi connectivity index (χ0n) is 16.1. The molecule has 1 aliphatic rings. The molecular weight excluding hydrogens is 358 g/mol. The van der Waals surface area contributed by atoms with Gasteiger partial charge in [-0.15, -0.1) is 16.4 Å². The van der Waals surface area contributed by atoms with Gasteiger partial charge in [0.1, 0.15) is 12.4 Å². The minimum Gasteiger partial charge on any atom is -0.492 e. The summed E-state index contributed by atoms with van der Waals surface area (Å²) in [4.78, 5) is 15.1. The van der Waals surface area contributed by atoms with Crippen molar-refractivity contribution in [1.29, 1.82) is 0 Å². The predicted octanol–water partition coefficient (Wildman–Crippen LogP) is 4.08. The third-order valence-electron chi connectivity index (χ3n) is 5.48. The Kier molecular flexibility index (Phi) is 4.76. The number of benzene rings is 1. The molecule has 0 bridgehead atoms. The summed E-state index contributed by atoms with van der Waals surface area (Å²) < 4.78 is 7.14. The summed E-state index contributed by atoms with van der Waals surface area (Å²) in [6.45, 7) is 7.69. The lowest BCUT2D eigenvalue weighted by atomic mass is 9.72. The van der Waals surface area contributed by atoms with Crippen molar-refractivity contribution in [3.05, 3.63) is 51.1 Å². The van der Waals surface area contributed by atoms with Crippen molar-refractivity contribution in [2.75, 3.05) is 6.61 Å². The summed E-state index contributed by atoms with van der Waals surface area (Å²) in [5.41, 5.74) is 1.45. The molecule has 0 spiro atoms. The fraction of sp³-hybridized carbons (Fsp3) is 0.476. The molecular formula is C21H25N3O2S. The second-order valence-electron chi connectivity index (χ2n) is 8.27. The lowest BCUT2D eigenvalue weighted by molar-refractivity contribution is 0.218. The maximum atomic E-state index is 13.0. The topological polar surface area (TPSA) is 57.0 Å². The van der Waals surface area contributed by atoms with Crippen molar-refractivity contribution in [1.82, 2.24) is 15.0 Å². The number of para-hydroxylation sites is 1. The van der Waals surface area contributed by atoms with Crippen molar-refractivity contribution >= 4 is 21.6 Å². The molecule has 142 valence electrons. The Balaban J connectivity index is 1.57. The third kappa shape index (κ3) is 3.63. The van der Waals surface area contributed by atoms with Gasteiger partial charge in [-0.3, -0.25) is 4.79 Å². The normalized spacial score (nSPS) is 17.1. The second kappa shape index (κ2) is 7.08. The van der Waals surface area contributed by atoms with Gasteiger partial charge in [-0.1, -0.05) is 44.2 Å². The van der Waals surface area contributed by atoms with Crippen molar-refractivity contribution in [3.63, 3.8) is 0 Å². The van der Waals surface area contributed by atoms with Gasteiger partial charge in [0.2, 0.25) is 0 Å². The molecule has 0 fully saturated rings. The van der Waals surface area contributed by atoms with Crippen LogP contribution < -0.4 is 10.3 Å². The van der Waals surface area contributed by atoms with Crippen LogP contribution >= 0.6 is 11.3 Å². The van der Waals surface area contributed by atoms with Gasteiger partial charge in [0.15, 0.2) is 4.83 Å². The highest BCUT2D eigenvalue weighted by Crippen LogP contribution is 2.41. The number of hydrogen-bond donors (Lipinski definition) is 0.